The molecule has 0 aliphatic heterocycles. The van der Waals surface area contributed by atoms with Crippen LogP contribution in [0.3, 0.4) is 0 Å². The van der Waals surface area contributed by atoms with Crippen LogP contribution in [0.15, 0.2) is 0 Å². The van der Waals surface area contributed by atoms with Crippen LogP contribution >= 0.6 is 0 Å². The number of esters is 1. The van der Waals surface area contributed by atoms with Crippen LogP contribution in [0.25, 0.3) is 0 Å². The molecule has 0 aromatic carbocycles. The van der Waals surface area contributed by atoms with Gasteiger partial charge >= 0.3 is 11.9 Å². The molecule has 0 aromatic heterocycles. The number of hydrogen-bond acceptors (Lipinski definition) is 5. The highest BCUT2D eigenvalue weighted by atomic mass is 16.5. The van der Waals surface area contributed by atoms with Crippen molar-refractivity contribution in [3.63, 3.8) is 0 Å². The molecule has 2 amide bonds. The van der Waals surface area contributed by atoms with Gasteiger partial charge in [-0.2, -0.15) is 0 Å². The van der Waals surface area contributed by atoms with Crippen LogP contribution in [0.1, 0.15) is 51.4 Å². The number of carboxylic acid groups (broad SMARTS) is 1. The minimum Gasteiger partial charge on any atom is -0.481 e. The molecule has 3 atom stereocenters. The lowest BCUT2D eigenvalue weighted by atomic mass is 9.78. The van der Waals surface area contributed by atoms with Crippen molar-refractivity contribution < 1.29 is 29.0 Å². The number of primary amides is 1. The third-order valence-electron chi connectivity index (χ3n) is 4.43. The summed E-state index contributed by atoms with van der Waals surface area (Å²) >= 11 is 0. The summed E-state index contributed by atoms with van der Waals surface area (Å²) in [4.78, 5) is 46.2. The molecule has 4 N–H and O–H groups in total. The van der Waals surface area contributed by atoms with Gasteiger partial charge in [-0.1, -0.05) is 19.3 Å². The van der Waals surface area contributed by atoms with Crippen molar-refractivity contribution in [3.05, 3.63) is 0 Å². The van der Waals surface area contributed by atoms with Crippen LogP contribution < -0.4 is 11.1 Å². The molecule has 0 bridgehead atoms. The van der Waals surface area contributed by atoms with Crippen molar-refractivity contribution in [2.75, 3.05) is 7.11 Å². The number of ether oxygens (including phenoxy) is 1. The summed E-state index contributed by atoms with van der Waals surface area (Å²) in [7, 11) is 1.30. The first-order valence-electron chi connectivity index (χ1n) is 8.26. The number of unbranched alkanes of at least 4 members (excludes halogenated alkanes) is 1. The third-order valence-corrected chi connectivity index (χ3v) is 4.43. The maximum atomic E-state index is 12.4. The number of aliphatic carboxylic acids is 1. The van der Waals surface area contributed by atoms with E-state index in [1.165, 1.54) is 7.11 Å². The van der Waals surface area contributed by atoms with Gasteiger partial charge in [0, 0.05) is 6.42 Å². The molecule has 1 rings (SSSR count). The summed E-state index contributed by atoms with van der Waals surface area (Å²) in [6, 6.07) is -0.855. The first-order valence-corrected chi connectivity index (χ1v) is 8.26. The van der Waals surface area contributed by atoms with Crippen molar-refractivity contribution in [2.24, 2.45) is 17.6 Å². The number of carbonyl (C=O) groups excluding carboxylic acids is 3. The van der Waals surface area contributed by atoms with Gasteiger partial charge in [0.2, 0.25) is 11.8 Å². The number of amides is 2. The number of hydrogen-bond donors (Lipinski definition) is 3. The number of methoxy groups -OCH3 is 1. The average molecular weight is 342 g/mol. The van der Waals surface area contributed by atoms with E-state index in [4.69, 9.17) is 5.73 Å². The Balaban J connectivity index is 2.54. The standard InChI is InChI=1S/C16H26N2O6/c1-24-13(19)9-5-4-8-12(14(17)20)18-15(21)10-6-2-3-7-11(10)16(22)23/h10-12H,2-9H2,1H3,(H2,17,20)(H,18,21)(H,22,23)/t10?,11?,12-/m0/s1. The molecule has 1 saturated carbocycles. The Morgan fingerprint density at radius 1 is 1.17 bits per heavy atom. The first kappa shape index (κ1) is 19.9. The number of rotatable bonds is 9. The molecule has 0 aromatic rings. The van der Waals surface area contributed by atoms with Crippen LogP contribution in [0.5, 0.6) is 0 Å². The Labute approximate surface area is 141 Å². The minimum atomic E-state index is -0.983. The van der Waals surface area contributed by atoms with E-state index in [9.17, 15) is 24.3 Å². The quantitative estimate of drug-likeness (QED) is 0.414. The molecule has 0 saturated heterocycles. The lowest BCUT2D eigenvalue weighted by Gasteiger charge is -2.28. The van der Waals surface area contributed by atoms with Gasteiger partial charge in [0.1, 0.15) is 6.04 Å². The minimum absolute atomic E-state index is 0.236. The second-order valence-corrected chi connectivity index (χ2v) is 6.12. The van der Waals surface area contributed by atoms with E-state index < -0.39 is 35.7 Å². The van der Waals surface area contributed by atoms with Gasteiger partial charge < -0.3 is 20.9 Å². The molecule has 1 aliphatic rings. The lowest BCUT2D eigenvalue weighted by molar-refractivity contribution is -0.149. The van der Waals surface area contributed by atoms with Crippen molar-refractivity contribution in [1.82, 2.24) is 5.32 Å². The average Bonchev–Trinajstić information content (AvgIpc) is 2.56. The highest BCUT2D eigenvalue weighted by molar-refractivity contribution is 5.89. The van der Waals surface area contributed by atoms with Gasteiger partial charge in [0.05, 0.1) is 18.9 Å². The van der Waals surface area contributed by atoms with Crippen LogP contribution in [0.2, 0.25) is 0 Å². The predicted molar refractivity (Wildman–Crippen MR) is 84.7 cm³/mol. The lowest BCUT2D eigenvalue weighted by Crippen LogP contribution is -2.49. The van der Waals surface area contributed by atoms with Crippen LogP contribution in [-0.2, 0) is 23.9 Å². The van der Waals surface area contributed by atoms with Gasteiger partial charge in [-0.05, 0) is 25.7 Å². The Kier molecular flexibility index (Phi) is 8.21. The fraction of sp³-hybridized carbons (Fsp3) is 0.750. The molecular weight excluding hydrogens is 316 g/mol. The van der Waals surface area contributed by atoms with Gasteiger partial charge in [-0.3, -0.25) is 19.2 Å². The maximum Gasteiger partial charge on any atom is 0.307 e. The van der Waals surface area contributed by atoms with Gasteiger partial charge in [-0.25, -0.2) is 0 Å². The molecule has 0 radical (unpaired) electrons. The van der Waals surface area contributed by atoms with Crippen LogP contribution in [-0.4, -0.2) is 42.0 Å². The number of nitrogens with two attached hydrogens (primary N) is 1. The smallest absolute Gasteiger partial charge is 0.307 e. The normalized spacial score (nSPS) is 21.5. The number of carboxylic acids is 1. The van der Waals surface area contributed by atoms with Gasteiger partial charge in [-0.15, -0.1) is 0 Å². The molecule has 0 heterocycles. The molecule has 2 unspecified atom stereocenters. The molecule has 0 spiro atoms. The molecule has 136 valence electrons. The zero-order valence-corrected chi connectivity index (χ0v) is 14.0. The molecule has 8 heteroatoms. The van der Waals surface area contributed by atoms with E-state index in [0.29, 0.717) is 32.1 Å². The Morgan fingerprint density at radius 3 is 2.33 bits per heavy atom. The summed E-state index contributed by atoms with van der Waals surface area (Å²) in [5.41, 5.74) is 5.32. The topological polar surface area (TPSA) is 136 Å². The molecule has 1 fully saturated rings. The van der Waals surface area contributed by atoms with E-state index in [0.717, 1.165) is 12.8 Å². The van der Waals surface area contributed by atoms with Gasteiger partial charge in [0.25, 0.3) is 0 Å². The van der Waals surface area contributed by atoms with Crippen LogP contribution in [0, 0.1) is 11.8 Å². The monoisotopic (exact) mass is 342 g/mol. The highest BCUT2D eigenvalue weighted by Gasteiger charge is 2.36. The number of nitrogens with one attached hydrogen (secondary N) is 1. The van der Waals surface area contributed by atoms with Crippen molar-refractivity contribution >= 4 is 23.8 Å². The zero-order chi connectivity index (χ0) is 18.1. The van der Waals surface area contributed by atoms with Crippen molar-refractivity contribution in [3.8, 4) is 0 Å². The van der Waals surface area contributed by atoms with Crippen LogP contribution in [0.4, 0.5) is 0 Å². The maximum absolute atomic E-state index is 12.4. The fourth-order valence-electron chi connectivity index (χ4n) is 3.02. The van der Waals surface area contributed by atoms with E-state index in [2.05, 4.69) is 10.1 Å². The second kappa shape index (κ2) is 9.89. The Morgan fingerprint density at radius 2 is 1.79 bits per heavy atom. The summed E-state index contributed by atoms with van der Waals surface area (Å²) < 4.78 is 4.53. The highest BCUT2D eigenvalue weighted by Crippen LogP contribution is 2.30. The summed E-state index contributed by atoms with van der Waals surface area (Å²) in [6.45, 7) is 0. The summed E-state index contributed by atoms with van der Waals surface area (Å²) in [6.07, 6.45) is 4.13. The SMILES string of the molecule is COC(=O)CCCC[C@H](NC(=O)C1CCCCC1C(=O)O)C(N)=O. The Bertz CT molecular complexity index is 479. The summed E-state index contributed by atoms with van der Waals surface area (Å²) in [5.74, 6) is -3.76. The summed E-state index contributed by atoms with van der Waals surface area (Å²) in [5, 5.41) is 11.8. The van der Waals surface area contributed by atoms with E-state index in [1.807, 2.05) is 0 Å². The van der Waals surface area contributed by atoms with E-state index >= 15 is 0 Å². The van der Waals surface area contributed by atoms with E-state index in [-0.39, 0.29) is 12.4 Å². The third kappa shape index (κ3) is 6.17. The fourth-order valence-corrected chi connectivity index (χ4v) is 3.02. The van der Waals surface area contributed by atoms with Gasteiger partial charge in [0.15, 0.2) is 0 Å². The molecule has 24 heavy (non-hydrogen) atoms. The largest absolute Gasteiger partial charge is 0.481 e. The molecule has 8 nitrogen and oxygen atoms in total. The van der Waals surface area contributed by atoms with E-state index in [1.54, 1.807) is 0 Å². The van der Waals surface area contributed by atoms with Crippen molar-refractivity contribution in [1.29, 1.82) is 0 Å². The first-order chi connectivity index (χ1) is 11.4. The van der Waals surface area contributed by atoms with Crippen molar-refractivity contribution in [2.45, 2.75) is 57.4 Å². The molecular formula is C16H26N2O6. The predicted octanol–water partition coefficient (Wildman–Crippen LogP) is 0.581. The second-order valence-electron chi connectivity index (χ2n) is 6.12. The number of carbonyl (C=O) groups is 4. The zero-order valence-electron chi connectivity index (χ0n) is 14.0. The molecule has 1 aliphatic carbocycles. The Hall–Kier alpha value is -2.12.